The molecular formula is C3FN2O2. The molecule has 0 aliphatic heterocycles. The lowest BCUT2D eigenvalue weighted by atomic mass is 11.3. The lowest BCUT2D eigenvalue weighted by molar-refractivity contribution is -0.0219. The highest BCUT2D eigenvalue weighted by molar-refractivity contribution is 4.61. The molecule has 1 radical (unpaired) electrons. The Morgan fingerprint density at radius 2 is 1.62 bits per heavy atom. The summed E-state index contributed by atoms with van der Waals surface area (Å²) < 4.78 is 18.2. The van der Waals surface area contributed by atoms with Gasteiger partial charge >= 0.3 is 6.54 Å². The quantitative estimate of drug-likeness (QED) is 0.488. The van der Waals surface area contributed by atoms with Crippen LogP contribution < -0.4 is 0 Å². The summed E-state index contributed by atoms with van der Waals surface area (Å²) in [5.74, 6) is 0. The first kappa shape index (κ1) is 6.51. The molecule has 0 saturated heterocycles. The SMILES string of the molecule is N#CO[C](F)OC#N. The van der Waals surface area contributed by atoms with Gasteiger partial charge < -0.3 is 9.47 Å². The van der Waals surface area contributed by atoms with Crippen molar-refractivity contribution in [2.75, 3.05) is 0 Å². The smallest absolute Gasteiger partial charge is 0.343 e. The van der Waals surface area contributed by atoms with Crippen molar-refractivity contribution in [3.8, 4) is 12.5 Å². The zero-order chi connectivity index (χ0) is 6.41. The molecule has 4 nitrogen and oxygen atoms in total. The van der Waals surface area contributed by atoms with Crippen LogP contribution in [0, 0.1) is 29.6 Å². The van der Waals surface area contributed by atoms with Crippen molar-refractivity contribution < 1.29 is 13.9 Å². The standard InChI is InChI=1S/C3FN2O2/c4-3(7-1-5)8-2-6. The van der Waals surface area contributed by atoms with Gasteiger partial charge in [0.15, 0.2) is 0 Å². The van der Waals surface area contributed by atoms with Gasteiger partial charge in [-0.2, -0.15) is 10.5 Å². The molecule has 0 aromatic rings. The van der Waals surface area contributed by atoms with Gasteiger partial charge in [0.05, 0.1) is 0 Å². The van der Waals surface area contributed by atoms with Gasteiger partial charge in [0.2, 0.25) is 0 Å². The van der Waals surface area contributed by atoms with E-state index in [0.29, 0.717) is 0 Å². The zero-order valence-corrected chi connectivity index (χ0v) is 3.59. The molecule has 0 bridgehead atoms. The number of nitrogens with zero attached hydrogens (tertiary/aromatic N) is 2. The highest BCUT2D eigenvalue weighted by Crippen LogP contribution is 2.01. The number of ether oxygens (including phenoxy) is 2. The van der Waals surface area contributed by atoms with Crippen LogP contribution in [0.1, 0.15) is 0 Å². The van der Waals surface area contributed by atoms with Crippen LogP contribution in [0.25, 0.3) is 0 Å². The van der Waals surface area contributed by atoms with Crippen molar-refractivity contribution in [2.24, 2.45) is 0 Å². The van der Waals surface area contributed by atoms with Gasteiger partial charge in [0.1, 0.15) is 0 Å². The van der Waals surface area contributed by atoms with E-state index < -0.39 is 6.54 Å². The van der Waals surface area contributed by atoms with Crippen molar-refractivity contribution in [2.45, 2.75) is 0 Å². The third-order valence-corrected chi connectivity index (χ3v) is 0.252. The molecular weight excluding hydrogens is 115 g/mol. The Balaban J connectivity index is 3.25. The average molecular weight is 115 g/mol. The number of hydrogen-bond donors (Lipinski definition) is 0. The largest absolute Gasteiger partial charge is 0.547 e. The molecule has 0 atom stereocenters. The first-order valence-corrected chi connectivity index (χ1v) is 1.45. The van der Waals surface area contributed by atoms with Crippen LogP contribution in [-0.4, -0.2) is 0 Å². The fraction of sp³-hybridized carbons (Fsp3) is 0. The third-order valence-electron chi connectivity index (χ3n) is 0.252. The topological polar surface area (TPSA) is 66.0 Å². The zero-order valence-electron chi connectivity index (χ0n) is 3.59. The number of hydrogen-bond acceptors (Lipinski definition) is 4. The van der Waals surface area contributed by atoms with Gasteiger partial charge in [-0.15, -0.1) is 4.39 Å². The molecule has 0 heterocycles. The average Bonchev–Trinajstić information content (AvgIpc) is 1.68. The van der Waals surface area contributed by atoms with Crippen LogP contribution in [0.4, 0.5) is 4.39 Å². The van der Waals surface area contributed by atoms with Gasteiger partial charge in [-0.25, -0.2) is 0 Å². The summed E-state index contributed by atoms with van der Waals surface area (Å²) in [5, 5.41) is 15.1. The second kappa shape index (κ2) is 3.69. The maximum atomic E-state index is 11.4. The molecule has 0 aliphatic rings. The van der Waals surface area contributed by atoms with Crippen molar-refractivity contribution >= 4 is 0 Å². The highest BCUT2D eigenvalue weighted by atomic mass is 19.2. The summed E-state index contributed by atoms with van der Waals surface area (Å²) in [7, 11) is 0. The minimum absolute atomic E-state index is 0.964. The van der Waals surface area contributed by atoms with E-state index in [1.165, 1.54) is 0 Å². The van der Waals surface area contributed by atoms with E-state index in [2.05, 4.69) is 9.47 Å². The van der Waals surface area contributed by atoms with Crippen LogP contribution in [0.2, 0.25) is 0 Å². The molecule has 0 aliphatic carbocycles. The van der Waals surface area contributed by atoms with Crippen LogP contribution in [-0.2, 0) is 9.47 Å². The first-order chi connectivity index (χ1) is 3.81. The second-order valence-corrected chi connectivity index (χ2v) is 0.624. The monoisotopic (exact) mass is 115 g/mol. The molecule has 0 fully saturated rings. The van der Waals surface area contributed by atoms with Crippen LogP contribution in [0.3, 0.4) is 0 Å². The summed E-state index contributed by atoms with van der Waals surface area (Å²) in [6.07, 6.45) is 1.93. The van der Waals surface area contributed by atoms with E-state index in [4.69, 9.17) is 10.5 Å². The van der Waals surface area contributed by atoms with E-state index >= 15 is 0 Å². The predicted octanol–water partition coefficient (Wildman–Crippen LogP) is 0.398. The Morgan fingerprint density at radius 1 is 1.25 bits per heavy atom. The molecule has 0 saturated carbocycles. The summed E-state index contributed by atoms with van der Waals surface area (Å²) in [5.41, 5.74) is 0. The van der Waals surface area contributed by atoms with Crippen molar-refractivity contribution in [1.82, 2.24) is 0 Å². The highest BCUT2D eigenvalue weighted by Gasteiger charge is 2.09. The predicted molar refractivity (Wildman–Crippen MR) is 17.7 cm³/mol. The first-order valence-electron chi connectivity index (χ1n) is 1.45. The Morgan fingerprint density at radius 3 is 1.88 bits per heavy atom. The van der Waals surface area contributed by atoms with E-state index in [9.17, 15) is 4.39 Å². The fourth-order valence-electron chi connectivity index (χ4n) is 0.0926. The lowest BCUT2D eigenvalue weighted by Gasteiger charge is -1.90. The van der Waals surface area contributed by atoms with Crippen molar-refractivity contribution in [3.63, 3.8) is 0 Å². The van der Waals surface area contributed by atoms with Crippen LogP contribution in [0.5, 0.6) is 0 Å². The Labute approximate surface area is 44.6 Å². The minimum atomic E-state index is -1.56. The Hall–Kier alpha value is -1.49. The second-order valence-electron chi connectivity index (χ2n) is 0.624. The molecule has 0 unspecified atom stereocenters. The van der Waals surface area contributed by atoms with Crippen molar-refractivity contribution in [1.29, 1.82) is 10.5 Å². The van der Waals surface area contributed by atoms with Gasteiger partial charge in [-0.05, 0) is 0 Å². The van der Waals surface area contributed by atoms with Crippen molar-refractivity contribution in [3.05, 3.63) is 6.54 Å². The maximum absolute atomic E-state index is 11.4. The summed E-state index contributed by atoms with van der Waals surface area (Å²) in [6.45, 7) is -1.56. The molecule has 0 aromatic carbocycles. The Kier molecular flexibility index (Phi) is 3.00. The number of rotatable bonds is 2. The van der Waals surface area contributed by atoms with Gasteiger partial charge in [0.25, 0.3) is 12.5 Å². The third kappa shape index (κ3) is 2.73. The normalized spacial score (nSPS) is 7.00. The summed E-state index contributed by atoms with van der Waals surface area (Å²) in [4.78, 5) is 0. The van der Waals surface area contributed by atoms with E-state index in [1.807, 2.05) is 0 Å². The minimum Gasteiger partial charge on any atom is -0.343 e. The Bertz CT molecular complexity index is 119. The molecule has 0 N–H and O–H groups in total. The molecule has 0 rings (SSSR count). The van der Waals surface area contributed by atoms with Gasteiger partial charge in [0, 0.05) is 0 Å². The molecule has 0 spiro atoms. The molecule has 5 heteroatoms. The van der Waals surface area contributed by atoms with Gasteiger partial charge in [-0.1, -0.05) is 0 Å². The van der Waals surface area contributed by atoms with E-state index in [1.54, 1.807) is 0 Å². The number of nitriles is 2. The molecule has 0 amide bonds. The maximum Gasteiger partial charge on any atom is 0.547 e. The fourth-order valence-corrected chi connectivity index (χ4v) is 0.0926. The summed E-state index contributed by atoms with van der Waals surface area (Å²) >= 11 is 0. The molecule has 41 valence electrons. The van der Waals surface area contributed by atoms with E-state index in [0.717, 1.165) is 12.5 Å². The lowest BCUT2D eigenvalue weighted by Crippen LogP contribution is -1.91. The summed E-state index contributed by atoms with van der Waals surface area (Å²) in [6, 6.07) is 0. The van der Waals surface area contributed by atoms with E-state index in [-0.39, 0.29) is 0 Å². The van der Waals surface area contributed by atoms with Gasteiger partial charge in [-0.3, -0.25) is 0 Å². The molecule has 0 aromatic heterocycles. The number of halogens is 1. The van der Waals surface area contributed by atoms with Crippen LogP contribution in [0.15, 0.2) is 0 Å². The van der Waals surface area contributed by atoms with Crippen LogP contribution >= 0.6 is 0 Å². The molecule has 8 heavy (non-hydrogen) atoms.